The van der Waals surface area contributed by atoms with Crippen molar-refractivity contribution in [2.75, 3.05) is 5.75 Å². The number of carbonyl (C=O) groups is 1. The quantitative estimate of drug-likeness (QED) is 0.718. The highest BCUT2D eigenvalue weighted by atomic mass is 32.2. The van der Waals surface area contributed by atoms with Gasteiger partial charge >= 0.3 is 0 Å². The van der Waals surface area contributed by atoms with E-state index in [1.54, 1.807) is 11.8 Å². The molecule has 0 aromatic carbocycles. The zero-order valence-corrected chi connectivity index (χ0v) is 17.4. The number of nitrogens with zero attached hydrogens (tertiary/aromatic N) is 3. The third kappa shape index (κ3) is 3.32. The largest absolute Gasteiger partial charge is 0.352 e. The molecule has 0 aliphatic heterocycles. The van der Waals surface area contributed by atoms with Crippen molar-refractivity contribution >= 4 is 17.7 Å². The van der Waals surface area contributed by atoms with Crippen LogP contribution in [-0.2, 0) is 11.3 Å². The first kappa shape index (κ1) is 18.0. The lowest BCUT2D eigenvalue weighted by atomic mass is 9.48. The van der Waals surface area contributed by atoms with Gasteiger partial charge in [-0.15, -0.1) is 10.2 Å². The second-order valence-corrected chi connectivity index (χ2v) is 10.7. The fraction of sp³-hybridized carbons (Fsp3) is 0.857. The maximum Gasteiger partial charge on any atom is 0.230 e. The summed E-state index contributed by atoms with van der Waals surface area (Å²) in [6.07, 6.45) is 10.8. The predicted octanol–water partition coefficient (Wildman–Crippen LogP) is 3.99. The lowest BCUT2D eigenvalue weighted by molar-refractivity contribution is -0.123. The third-order valence-electron chi connectivity index (χ3n) is 7.72. The van der Waals surface area contributed by atoms with Crippen LogP contribution in [0.4, 0.5) is 0 Å². The first-order valence-electron chi connectivity index (χ1n) is 10.9. The smallest absolute Gasteiger partial charge is 0.230 e. The molecule has 1 N–H and O–H groups in total. The molecular weight excluding hydrogens is 356 g/mol. The molecule has 1 aromatic rings. The Morgan fingerprint density at radius 3 is 2.37 bits per heavy atom. The molecule has 1 atom stereocenters. The maximum atomic E-state index is 12.7. The van der Waals surface area contributed by atoms with E-state index in [2.05, 4.69) is 33.9 Å². The van der Waals surface area contributed by atoms with Crippen molar-refractivity contribution in [3.63, 3.8) is 0 Å². The van der Waals surface area contributed by atoms with Crippen LogP contribution in [0, 0.1) is 23.2 Å². The topological polar surface area (TPSA) is 59.8 Å². The normalized spacial score (nSPS) is 35.4. The molecule has 5 nitrogen and oxygen atoms in total. The van der Waals surface area contributed by atoms with Gasteiger partial charge in [0.05, 0.1) is 5.75 Å². The van der Waals surface area contributed by atoms with Crippen molar-refractivity contribution in [2.45, 2.75) is 88.9 Å². The van der Waals surface area contributed by atoms with Crippen molar-refractivity contribution in [3.05, 3.63) is 5.82 Å². The Balaban J connectivity index is 1.19. The monoisotopic (exact) mass is 388 g/mol. The van der Waals surface area contributed by atoms with Gasteiger partial charge in [-0.2, -0.15) is 0 Å². The molecule has 6 rings (SSSR count). The molecule has 0 unspecified atom stereocenters. The van der Waals surface area contributed by atoms with Gasteiger partial charge in [0.1, 0.15) is 5.82 Å². The van der Waals surface area contributed by atoms with Gasteiger partial charge in [-0.1, -0.05) is 11.8 Å². The van der Waals surface area contributed by atoms with E-state index in [1.807, 2.05) is 0 Å². The van der Waals surface area contributed by atoms with E-state index in [-0.39, 0.29) is 5.91 Å². The average Bonchev–Trinajstić information content (AvgIpc) is 3.38. The second kappa shape index (κ2) is 6.78. The molecular formula is C21H32N4OS. The Morgan fingerprint density at radius 1 is 1.19 bits per heavy atom. The van der Waals surface area contributed by atoms with Gasteiger partial charge in [-0.3, -0.25) is 4.79 Å². The molecule has 1 aromatic heterocycles. The van der Waals surface area contributed by atoms with E-state index in [0.717, 1.165) is 35.3 Å². The molecule has 5 aliphatic rings. The van der Waals surface area contributed by atoms with Crippen LogP contribution < -0.4 is 5.32 Å². The number of rotatable bonds is 7. The standard InChI is InChI=1S/C21H32N4OS/c1-3-25-19(17-4-5-17)23-24-20(25)27-12-18(26)22-13(2)21-9-14-6-15(10-21)8-16(7-14)11-21/h13-17H,3-12H2,1-2H3,(H,22,26)/t13-,14?,15?,16?,21?/m0/s1. The van der Waals surface area contributed by atoms with E-state index in [1.165, 1.54) is 51.4 Å². The summed E-state index contributed by atoms with van der Waals surface area (Å²) >= 11 is 1.54. The minimum absolute atomic E-state index is 0.155. The van der Waals surface area contributed by atoms with Crippen LogP contribution in [0.3, 0.4) is 0 Å². The highest BCUT2D eigenvalue weighted by Crippen LogP contribution is 2.61. The SMILES string of the molecule is CCn1c(SCC(=O)N[C@@H](C)C23CC4CC(CC(C4)C2)C3)nnc1C1CC1. The highest BCUT2D eigenvalue weighted by molar-refractivity contribution is 7.99. The van der Waals surface area contributed by atoms with Crippen molar-refractivity contribution in [1.29, 1.82) is 0 Å². The molecule has 5 saturated carbocycles. The molecule has 1 amide bonds. The summed E-state index contributed by atoms with van der Waals surface area (Å²) in [6, 6.07) is 0.296. The van der Waals surface area contributed by atoms with Crippen LogP contribution in [0.1, 0.15) is 77.0 Å². The van der Waals surface area contributed by atoms with Crippen molar-refractivity contribution < 1.29 is 4.79 Å². The summed E-state index contributed by atoms with van der Waals surface area (Å²) in [4.78, 5) is 12.7. The molecule has 4 bridgehead atoms. The van der Waals surface area contributed by atoms with Gasteiger partial charge in [0, 0.05) is 18.5 Å². The molecule has 0 spiro atoms. The Labute approximate surface area is 166 Å². The first-order chi connectivity index (χ1) is 13.1. The van der Waals surface area contributed by atoms with Crippen molar-refractivity contribution in [1.82, 2.24) is 20.1 Å². The summed E-state index contributed by atoms with van der Waals surface area (Å²) in [5.41, 5.74) is 0.373. The summed E-state index contributed by atoms with van der Waals surface area (Å²) in [6.45, 7) is 5.27. The van der Waals surface area contributed by atoms with Crippen molar-refractivity contribution in [3.8, 4) is 0 Å². The molecule has 5 fully saturated rings. The number of nitrogens with one attached hydrogen (secondary N) is 1. The van der Waals surface area contributed by atoms with Crippen LogP contribution in [0.15, 0.2) is 5.16 Å². The molecule has 0 saturated heterocycles. The van der Waals surface area contributed by atoms with Crippen LogP contribution in [-0.4, -0.2) is 32.5 Å². The summed E-state index contributed by atoms with van der Waals surface area (Å²) in [5.74, 6) is 5.08. The Morgan fingerprint density at radius 2 is 1.81 bits per heavy atom. The Bertz CT molecular complexity index is 690. The summed E-state index contributed by atoms with van der Waals surface area (Å²) in [7, 11) is 0. The number of carbonyl (C=O) groups excluding carboxylic acids is 1. The van der Waals surface area contributed by atoms with E-state index >= 15 is 0 Å². The second-order valence-electron chi connectivity index (χ2n) is 9.72. The number of hydrogen-bond donors (Lipinski definition) is 1. The number of amides is 1. The fourth-order valence-electron chi connectivity index (χ4n) is 6.62. The van der Waals surface area contributed by atoms with Crippen molar-refractivity contribution in [2.24, 2.45) is 23.2 Å². The van der Waals surface area contributed by atoms with E-state index in [4.69, 9.17) is 0 Å². The van der Waals surface area contributed by atoms with Gasteiger partial charge < -0.3 is 9.88 Å². The maximum absolute atomic E-state index is 12.7. The van der Waals surface area contributed by atoms with Gasteiger partial charge in [-0.25, -0.2) is 0 Å². The first-order valence-corrected chi connectivity index (χ1v) is 11.9. The van der Waals surface area contributed by atoms with Crippen LogP contribution in [0.5, 0.6) is 0 Å². The van der Waals surface area contributed by atoms with E-state index in [9.17, 15) is 4.79 Å². The molecule has 27 heavy (non-hydrogen) atoms. The zero-order valence-electron chi connectivity index (χ0n) is 16.6. The molecule has 5 aliphatic carbocycles. The third-order valence-corrected chi connectivity index (χ3v) is 8.68. The molecule has 148 valence electrons. The fourth-order valence-corrected chi connectivity index (χ4v) is 7.44. The highest BCUT2D eigenvalue weighted by Gasteiger charge is 2.53. The molecule has 1 heterocycles. The number of thioether (sulfide) groups is 1. The minimum Gasteiger partial charge on any atom is -0.352 e. The Hall–Kier alpha value is -1.04. The van der Waals surface area contributed by atoms with Crippen LogP contribution in [0.2, 0.25) is 0 Å². The average molecular weight is 389 g/mol. The van der Waals surface area contributed by atoms with Gasteiger partial charge in [-0.05, 0) is 88.4 Å². The predicted molar refractivity (Wildman–Crippen MR) is 107 cm³/mol. The summed E-state index contributed by atoms with van der Waals surface area (Å²) < 4.78 is 2.19. The lowest BCUT2D eigenvalue weighted by Crippen LogP contribution is -2.56. The Kier molecular flexibility index (Phi) is 4.53. The van der Waals surface area contributed by atoms with Gasteiger partial charge in [0.25, 0.3) is 0 Å². The van der Waals surface area contributed by atoms with Crippen LogP contribution in [0.25, 0.3) is 0 Å². The molecule has 0 radical (unpaired) electrons. The van der Waals surface area contributed by atoms with E-state index in [0.29, 0.717) is 23.1 Å². The minimum atomic E-state index is 0.155. The molecule has 6 heteroatoms. The lowest BCUT2D eigenvalue weighted by Gasteiger charge is -2.59. The van der Waals surface area contributed by atoms with Gasteiger partial charge in [0.2, 0.25) is 5.91 Å². The number of hydrogen-bond acceptors (Lipinski definition) is 4. The summed E-state index contributed by atoms with van der Waals surface area (Å²) in [5, 5.41) is 13.0. The van der Waals surface area contributed by atoms with Crippen LogP contribution >= 0.6 is 11.8 Å². The zero-order chi connectivity index (χ0) is 18.6. The van der Waals surface area contributed by atoms with Gasteiger partial charge in [0.15, 0.2) is 5.16 Å². The van der Waals surface area contributed by atoms with E-state index < -0.39 is 0 Å². The number of aromatic nitrogens is 3.